The van der Waals surface area contributed by atoms with Crippen molar-refractivity contribution in [3.05, 3.63) is 22.4 Å². The minimum absolute atomic E-state index is 0.0151. The summed E-state index contributed by atoms with van der Waals surface area (Å²) in [6, 6.07) is 1.67. The highest BCUT2D eigenvalue weighted by Crippen LogP contribution is 2.44. The second-order valence-corrected chi connectivity index (χ2v) is 9.06. The number of carbonyl (C=O) groups is 3. The summed E-state index contributed by atoms with van der Waals surface area (Å²) in [4.78, 5) is 45.2. The quantitative estimate of drug-likeness (QED) is 0.730. The molecule has 2 atom stereocenters. The number of ether oxygens (including phenoxy) is 1. The Labute approximate surface area is 175 Å². The first kappa shape index (κ1) is 20.3. The SMILES string of the molecule is COCCN1C(=O)CC[C@]2(C(=O)N3CCCC3)CN(C(=O)c3ccsc3)CC[C@@H]12. The Morgan fingerprint density at radius 1 is 1.24 bits per heavy atom. The molecule has 4 heterocycles. The van der Waals surface area contributed by atoms with Crippen LogP contribution in [0, 0.1) is 5.41 Å². The Balaban J connectivity index is 1.65. The van der Waals surface area contributed by atoms with Gasteiger partial charge < -0.3 is 19.4 Å². The summed E-state index contributed by atoms with van der Waals surface area (Å²) in [6.45, 7) is 3.44. The molecule has 1 aromatic rings. The van der Waals surface area contributed by atoms with Gasteiger partial charge in [-0.2, -0.15) is 11.3 Å². The van der Waals surface area contributed by atoms with Crippen LogP contribution < -0.4 is 0 Å². The van der Waals surface area contributed by atoms with Crippen LogP contribution in [-0.4, -0.2) is 84.9 Å². The van der Waals surface area contributed by atoms with Crippen molar-refractivity contribution in [2.75, 3.05) is 46.4 Å². The Bertz CT molecular complexity index is 762. The zero-order valence-electron chi connectivity index (χ0n) is 17.0. The van der Waals surface area contributed by atoms with E-state index in [-0.39, 0.29) is 23.8 Å². The molecular weight excluding hydrogens is 390 g/mol. The third kappa shape index (κ3) is 3.68. The molecule has 8 heteroatoms. The zero-order valence-corrected chi connectivity index (χ0v) is 17.8. The highest BCUT2D eigenvalue weighted by Gasteiger charge is 2.57. The first-order chi connectivity index (χ1) is 14.1. The molecule has 3 fully saturated rings. The van der Waals surface area contributed by atoms with Gasteiger partial charge in [0.05, 0.1) is 17.6 Å². The number of fused-ring (bicyclic) bond motifs is 1. The predicted octanol–water partition coefficient (Wildman–Crippen LogP) is 1.84. The van der Waals surface area contributed by atoms with Gasteiger partial charge in [0.25, 0.3) is 5.91 Å². The predicted molar refractivity (Wildman–Crippen MR) is 110 cm³/mol. The summed E-state index contributed by atoms with van der Waals surface area (Å²) < 4.78 is 5.22. The van der Waals surface area contributed by atoms with Crippen molar-refractivity contribution in [2.45, 2.75) is 38.1 Å². The monoisotopic (exact) mass is 419 g/mol. The molecule has 0 radical (unpaired) electrons. The maximum Gasteiger partial charge on any atom is 0.254 e. The molecule has 3 aliphatic heterocycles. The van der Waals surface area contributed by atoms with Crippen molar-refractivity contribution in [2.24, 2.45) is 5.41 Å². The van der Waals surface area contributed by atoms with Gasteiger partial charge in [-0.05, 0) is 37.1 Å². The second kappa shape index (κ2) is 8.44. The van der Waals surface area contributed by atoms with E-state index in [4.69, 9.17) is 4.74 Å². The molecule has 0 N–H and O–H groups in total. The smallest absolute Gasteiger partial charge is 0.254 e. The van der Waals surface area contributed by atoms with E-state index in [1.165, 1.54) is 11.3 Å². The average Bonchev–Trinajstić information content (AvgIpc) is 3.46. The molecule has 3 amide bonds. The van der Waals surface area contributed by atoms with Crippen LogP contribution in [0.1, 0.15) is 42.5 Å². The van der Waals surface area contributed by atoms with Gasteiger partial charge in [0.15, 0.2) is 0 Å². The maximum atomic E-state index is 13.8. The molecule has 158 valence electrons. The number of piperidine rings is 2. The van der Waals surface area contributed by atoms with Crippen LogP contribution in [0.4, 0.5) is 0 Å². The van der Waals surface area contributed by atoms with Crippen molar-refractivity contribution in [1.82, 2.24) is 14.7 Å². The van der Waals surface area contributed by atoms with E-state index in [1.54, 1.807) is 7.11 Å². The minimum Gasteiger partial charge on any atom is -0.383 e. The molecule has 7 nitrogen and oxygen atoms in total. The normalized spacial score (nSPS) is 27.3. The van der Waals surface area contributed by atoms with Crippen molar-refractivity contribution < 1.29 is 19.1 Å². The number of hydrogen-bond acceptors (Lipinski definition) is 5. The van der Waals surface area contributed by atoms with Gasteiger partial charge in [0, 0.05) is 57.7 Å². The van der Waals surface area contributed by atoms with Gasteiger partial charge in [0.1, 0.15) is 0 Å². The van der Waals surface area contributed by atoms with E-state index < -0.39 is 5.41 Å². The van der Waals surface area contributed by atoms with Crippen LogP contribution in [0.25, 0.3) is 0 Å². The topological polar surface area (TPSA) is 70.2 Å². The molecule has 29 heavy (non-hydrogen) atoms. The molecular formula is C21H29N3O4S. The number of methoxy groups -OCH3 is 1. The van der Waals surface area contributed by atoms with E-state index in [0.29, 0.717) is 51.1 Å². The van der Waals surface area contributed by atoms with E-state index in [2.05, 4.69) is 0 Å². The first-order valence-corrected chi connectivity index (χ1v) is 11.4. The Morgan fingerprint density at radius 3 is 2.72 bits per heavy atom. The number of carbonyl (C=O) groups excluding carboxylic acids is 3. The average molecular weight is 420 g/mol. The van der Waals surface area contributed by atoms with Gasteiger partial charge in [-0.3, -0.25) is 14.4 Å². The van der Waals surface area contributed by atoms with Gasteiger partial charge in [0.2, 0.25) is 11.8 Å². The minimum atomic E-state index is -0.712. The van der Waals surface area contributed by atoms with Crippen LogP contribution in [0.15, 0.2) is 16.8 Å². The van der Waals surface area contributed by atoms with E-state index >= 15 is 0 Å². The first-order valence-electron chi connectivity index (χ1n) is 10.5. The largest absolute Gasteiger partial charge is 0.383 e. The number of thiophene rings is 1. The molecule has 0 aliphatic carbocycles. The highest BCUT2D eigenvalue weighted by atomic mass is 32.1. The lowest BCUT2D eigenvalue weighted by molar-refractivity contribution is -0.163. The number of rotatable bonds is 5. The van der Waals surface area contributed by atoms with E-state index in [9.17, 15) is 14.4 Å². The van der Waals surface area contributed by atoms with Crippen LogP contribution >= 0.6 is 11.3 Å². The Morgan fingerprint density at radius 2 is 2.03 bits per heavy atom. The van der Waals surface area contributed by atoms with Crippen LogP contribution in [0.3, 0.4) is 0 Å². The Kier molecular flexibility index (Phi) is 5.92. The molecule has 0 bridgehead atoms. The van der Waals surface area contributed by atoms with Crippen molar-refractivity contribution >= 4 is 29.1 Å². The summed E-state index contributed by atoms with van der Waals surface area (Å²) in [6.07, 6.45) is 3.54. The third-order valence-electron chi connectivity index (χ3n) is 6.68. The second-order valence-electron chi connectivity index (χ2n) is 8.28. The number of nitrogens with zero attached hydrogens (tertiary/aromatic N) is 3. The third-order valence-corrected chi connectivity index (χ3v) is 7.36. The zero-order chi connectivity index (χ0) is 20.4. The summed E-state index contributed by atoms with van der Waals surface area (Å²) in [5.74, 6) is 0.200. The fourth-order valence-electron chi connectivity index (χ4n) is 5.19. The van der Waals surface area contributed by atoms with Gasteiger partial charge in [-0.25, -0.2) is 0 Å². The lowest BCUT2D eigenvalue weighted by Crippen LogP contribution is -2.68. The van der Waals surface area contributed by atoms with Gasteiger partial charge >= 0.3 is 0 Å². The molecule has 4 rings (SSSR count). The maximum absolute atomic E-state index is 13.8. The van der Waals surface area contributed by atoms with Gasteiger partial charge in [-0.1, -0.05) is 0 Å². The number of hydrogen-bond donors (Lipinski definition) is 0. The standard InChI is InChI=1S/C21H29N3O4S/c1-28-12-11-24-17-5-10-23(19(26)16-6-13-29-14-16)15-21(17,7-4-18(24)25)20(27)22-8-2-3-9-22/h6,13-14,17H,2-5,7-12,15H2,1H3/t17-,21+/m1/s1. The number of amides is 3. The molecule has 0 unspecified atom stereocenters. The molecule has 3 aliphatic rings. The molecule has 0 aromatic carbocycles. The van der Waals surface area contributed by atoms with E-state index in [0.717, 1.165) is 25.9 Å². The number of likely N-dealkylation sites (tertiary alicyclic amines) is 3. The lowest BCUT2D eigenvalue weighted by atomic mass is 9.67. The van der Waals surface area contributed by atoms with Crippen molar-refractivity contribution in [3.63, 3.8) is 0 Å². The van der Waals surface area contributed by atoms with Crippen molar-refractivity contribution in [1.29, 1.82) is 0 Å². The Hall–Kier alpha value is -1.93. The van der Waals surface area contributed by atoms with Crippen LogP contribution in [0.5, 0.6) is 0 Å². The summed E-state index contributed by atoms with van der Waals surface area (Å²) in [5.41, 5.74) is -0.0315. The fourth-order valence-corrected chi connectivity index (χ4v) is 5.82. The summed E-state index contributed by atoms with van der Waals surface area (Å²) >= 11 is 1.50. The summed E-state index contributed by atoms with van der Waals surface area (Å²) in [5, 5.41) is 3.76. The lowest BCUT2D eigenvalue weighted by Gasteiger charge is -2.54. The highest BCUT2D eigenvalue weighted by molar-refractivity contribution is 7.08. The van der Waals surface area contributed by atoms with Crippen LogP contribution in [0.2, 0.25) is 0 Å². The van der Waals surface area contributed by atoms with Gasteiger partial charge in [-0.15, -0.1) is 0 Å². The molecule has 1 aromatic heterocycles. The molecule has 0 saturated carbocycles. The fraction of sp³-hybridized carbons (Fsp3) is 0.667. The summed E-state index contributed by atoms with van der Waals surface area (Å²) in [7, 11) is 1.62. The van der Waals surface area contributed by atoms with Crippen molar-refractivity contribution in [3.8, 4) is 0 Å². The molecule has 3 saturated heterocycles. The van der Waals surface area contributed by atoms with Crippen LogP contribution in [-0.2, 0) is 14.3 Å². The van der Waals surface area contributed by atoms with E-state index in [1.807, 2.05) is 31.5 Å². The molecule has 0 spiro atoms.